The highest BCUT2D eigenvalue weighted by Gasteiger charge is 2.18. The highest BCUT2D eigenvalue weighted by molar-refractivity contribution is 7.88. The zero-order valence-corrected chi connectivity index (χ0v) is 15.4. The van der Waals surface area contributed by atoms with Crippen LogP contribution in [0.3, 0.4) is 0 Å². The Kier molecular flexibility index (Phi) is 6.70. The molecule has 8 heteroatoms. The number of amides is 1. The maximum absolute atomic E-state index is 13.1. The third kappa shape index (κ3) is 6.12. The number of ether oxygens (including phenoxy) is 1. The van der Waals surface area contributed by atoms with Crippen molar-refractivity contribution in [2.75, 3.05) is 25.2 Å². The smallest absolute Gasteiger partial charge is 0.225 e. The van der Waals surface area contributed by atoms with Crippen LogP contribution in [0.5, 0.6) is 5.75 Å². The van der Waals surface area contributed by atoms with Gasteiger partial charge in [-0.25, -0.2) is 12.8 Å². The first kappa shape index (κ1) is 19.9. The maximum Gasteiger partial charge on any atom is 0.225 e. The third-order valence-electron chi connectivity index (χ3n) is 3.68. The summed E-state index contributed by atoms with van der Waals surface area (Å²) in [5.74, 6) is -0.173. The number of halogens is 1. The third-order valence-corrected chi connectivity index (χ3v) is 4.93. The zero-order chi connectivity index (χ0) is 19.2. The summed E-state index contributed by atoms with van der Waals surface area (Å²) in [6.45, 7) is 0.169. The number of nitrogens with zero attached hydrogens (tertiary/aromatic N) is 1. The Balaban J connectivity index is 1.98. The van der Waals surface area contributed by atoms with Gasteiger partial charge in [0.2, 0.25) is 15.9 Å². The average Bonchev–Trinajstić information content (AvgIpc) is 2.58. The molecule has 2 aromatic rings. The van der Waals surface area contributed by atoms with Crippen LogP contribution in [0.25, 0.3) is 0 Å². The number of carbonyl (C=O) groups excluding carboxylic acids is 1. The number of anilines is 1. The van der Waals surface area contributed by atoms with Gasteiger partial charge in [0, 0.05) is 25.2 Å². The van der Waals surface area contributed by atoms with E-state index in [1.165, 1.54) is 22.5 Å². The van der Waals surface area contributed by atoms with E-state index in [1.54, 1.807) is 37.4 Å². The van der Waals surface area contributed by atoms with Crippen LogP contribution >= 0.6 is 0 Å². The van der Waals surface area contributed by atoms with Gasteiger partial charge in [-0.3, -0.25) is 4.79 Å². The SMILES string of the molecule is COc1ccc(CN(CCC(=O)Nc2cccc(F)c2)S(C)(=O)=O)cc1. The van der Waals surface area contributed by atoms with Crippen LogP contribution in [-0.4, -0.2) is 38.5 Å². The molecule has 0 bridgehead atoms. The van der Waals surface area contributed by atoms with Crippen LogP contribution in [0.15, 0.2) is 48.5 Å². The first-order valence-electron chi connectivity index (χ1n) is 7.91. The number of sulfonamides is 1. The Morgan fingerprint density at radius 2 is 1.88 bits per heavy atom. The summed E-state index contributed by atoms with van der Waals surface area (Å²) >= 11 is 0. The quantitative estimate of drug-likeness (QED) is 0.764. The number of methoxy groups -OCH3 is 1. The van der Waals surface area contributed by atoms with E-state index in [-0.39, 0.29) is 25.4 Å². The van der Waals surface area contributed by atoms with E-state index in [0.717, 1.165) is 11.8 Å². The second kappa shape index (κ2) is 8.77. The fraction of sp³-hybridized carbons (Fsp3) is 0.278. The fourth-order valence-corrected chi connectivity index (χ4v) is 3.12. The van der Waals surface area contributed by atoms with Crippen LogP contribution in [-0.2, 0) is 21.4 Å². The predicted octanol–water partition coefficient (Wildman–Crippen LogP) is 2.62. The molecular formula is C18H21FN2O4S. The van der Waals surface area contributed by atoms with Crippen LogP contribution < -0.4 is 10.1 Å². The Morgan fingerprint density at radius 3 is 2.46 bits per heavy atom. The van der Waals surface area contributed by atoms with Crippen molar-refractivity contribution in [3.05, 3.63) is 59.9 Å². The number of benzene rings is 2. The van der Waals surface area contributed by atoms with Gasteiger partial charge in [0.05, 0.1) is 13.4 Å². The summed E-state index contributed by atoms with van der Waals surface area (Å²) in [5.41, 5.74) is 1.11. The van der Waals surface area contributed by atoms with Gasteiger partial charge in [-0.1, -0.05) is 18.2 Å². The van der Waals surface area contributed by atoms with Gasteiger partial charge in [0.1, 0.15) is 11.6 Å². The number of hydrogen-bond donors (Lipinski definition) is 1. The Bertz CT molecular complexity index is 854. The molecule has 0 aromatic heterocycles. The molecule has 0 aliphatic rings. The zero-order valence-electron chi connectivity index (χ0n) is 14.6. The predicted molar refractivity (Wildman–Crippen MR) is 97.9 cm³/mol. The van der Waals surface area contributed by atoms with Crippen molar-refractivity contribution in [2.45, 2.75) is 13.0 Å². The Labute approximate surface area is 152 Å². The van der Waals surface area contributed by atoms with Gasteiger partial charge in [-0.2, -0.15) is 4.31 Å². The van der Waals surface area contributed by atoms with Crippen molar-refractivity contribution in [2.24, 2.45) is 0 Å². The van der Waals surface area contributed by atoms with E-state index < -0.39 is 15.8 Å². The lowest BCUT2D eigenvalue weighted by molar-refractivity contribution is -0.116. The second-order valence-corrected chi connectivity index (χ2v) is 7.74. The topological polar surface area (TPSA) is 75.7 Å². The number of hydrogen-bond acceptors (Lipinski definition) is 4. The van der Waals surface area contributed by atoms with Crippen LogP contribution in [0.1, 0.15) is 12.0 Å². The second-order valence-electron chi connectivity index (χ2n) is 5.75. The molecule has 0 saturated carbocycles. The van der Waals surface area contributed by atoms with E-state index in [1.807, 2.05) is 0 Å². The standard InChI is InChI=1S/C18H21FN2O4S/c1-25-17-8-6-14(7-9-17)13-21(26(2,23)24)11-10-18(22)20-16-5-3-4-15(19)12-16/h3-9,12H,10-11,13H2,1-2H3,(H,20,22). The number of nitrogens with one attached hydrogen (secondary N) is 1. The van der Waals surface area contributed by atoms with Gasteiger partial charge >= 0.3 is 0 Å². The number of rotatable bonds is 8. The Morgan fingerprint density at radius 1 is 1.19 bits per heavy atom. The molecule has 26 heavy (non-hydrogen) atoms. The molecule has 1 N–H and O–H groups in total. The summed E-state index contributed by atoms with van der Waals surface area (Å²) in [6.07, 6.45) is 1.06. The first-order valence-corrected chi connectivity index (χ1v) is 9.76. The van der Waals surface area contributed by atoms with E-state index in [4.69, 9.17) is 4.74 Å². The molecule has 0 unspecified atom stereocenters. The molecule has 2 aromatic carbocycles. The molecule has 0 aliphatic carbocycles. The van der Waals surface area contributed by atoms with Gasteiger partial charge in [-0.15, -0.1) is 0 Å². The fourth-order valence-electron chi connectivity index (χ4n) is 2.31. The molecule has 140 valence electrons. The summed E-state index contributed by atoms with van der Waals surface area (Å²) in [7, 11) is -1.94. The first-order chi connectivity index (χ1) is 12.3. The van der Waals surface area contributed by atoms with Crippen molar-refractivity contribution >= 4 is 21.6 Å². The molecule has 1 amide bonds. The van der Waals surface area contributed by atoms with Gasteiger partial charge < -0.3 is 10.1 Å². The molecule has 0 saturated heterocycles. The summed E-state index contributed by atoms with van der Waals surface area (Å²) < 4.78 is 43.4. The van der Waals surface area contributed by atoms with E-state index in [9.17, 15) is 17.6 Å². The maximum atomic E-state index is 13.1. The molecule has 0 aliphatic heterocycles. The van der Waals surface area contributed by atoms with Gasteiger partial charge in [0.15, 0.2) is 0 Å². The Hall–Kier alpha value is -2.45. The minimum atomic E-state index is -3.49. The molecule has 0 atom stereocenters. The molecule has 0 fully saturated rings. The van der Waals surface area contributed by atoms with E-state index in [2.05, 4.69) is 5.32 Å². The van der Waals surface area contributed by atoms with Crippen molar-refractivity contribution in [3.63, 3.8) is 0 Å². The highest BCUT2D eigenvalue weighted by Crippen LogP contribution is 2.15. The normalized spacial score (nSPS) is 11.4. The summed E-state index contributed by atoms with van der Waals surface area (Å²) in [5, 5.41) is 2.55. The van der Waals surface area contributed by atoms with Crippen LogP contribution in [0, 0.1) is 5.82 Å². The lowest BCUT2D eigenvalue weighted by atomic mass is 10.2. The molecule has 2 rings (SSSR count). The van der Waals surface area contributed by atoms with E-state index in [0.29, 0.717) is 11.4 Å². The van der Waals surface area contributed by atoms with Crippen molar-refractivity contribution in [1.82, 2.24) is 4.31 Å². The summed E-state index contributed by atoms with van der Waals surface area (Å²) in [6, 6.07) is 12.5. The average molecular weight is 380 g/mol. The van der Waals surface area contributed by atoms with Crippen LogP contribution in [0.4, 0.5) is 10.1 Å². The minimum absolute atomic E-state index is 0.0199. The highest BCUT2D eigenvalue weighted by atomic mass is 32.2. The molecule has 6 nitrogen and oxygen atoms in total. The lowest BCUT2D eigenvalue weighted by Crippen LogP contribution is -2.32. The monoisotopic (exact) mass is 380 g/mol. The van der Waals surface area contributed by atoms with Crippen molar-refractivity contribution in [3.8, 4) is 5.75 Å². The minimum Gasteiger partial charge on any atom is -0.497 e. The molecular weight excluding hydrogens is 359 g/mol. The van der Waals surface area contributed by atoms with Crippen molar-refractivity contribution < 1.29 is 22.3 Å². The van der Waals surface area contributed by atoms with Crippen LogP contribution in [0.2, 0.25) is 0 Å². The van der Waals surface area contributed by atoms with E-state index >= 15 is 0 Å². The van der Waals surface area contributed by atoms with Gasteiger partial charge in [-0.05, 0) is 35.9 Å². The molecule has 0 heterocycles. The van der Waals surface area contributed by atoms with Gasteiger partial charge in [0.25, 0.3) is 0 Å². The molecule has 0 radical (unpaired) electrons. The summed E-state index contributed by atoms with van der Waals surface area (Å²) in [4.78, 5) is 12.0. The largest absolute Gasteiger partial charge is 0.497 e. The van der Waals surface area contributed by atoms with Crippen molar-refractivity contribution in [1.29, 1.82) is 0 Å². The lowest BCUT2D eigenvalue weighted by Gasteiger charge is -2.20. The molecule has 0 spiro atoms. The number of carbonyl (C=O) groups is 1.